The van der Waals surface area contributed by atoms with Crippen LogP contribution in [0.4, 0.5) is 5.69 Å². The first-order chi connectivity index (χ1) is 10.3. The first-order valence-electron chi connectivity index (χ1n) is 6.70. The summed E-state index contributed by atoms with van der Waals surface area (Å²) in [4.78, 5) is 14.1. The Labute approximate surface area is 128 Å². The Morgan fingerprint density at radius 3 is 2.82 bits per heavy atom. The number of fused-ring (bicyclic) bond motifs is 2. The normalized spacial score (nSPS) is 24.4. The van der Waals surface area contributed by atoms with Crippen LogP contribution in [0.5, 0.6) is 5.75 Å². The number of amides is 1. The summed E-state index contributed by atoms with van der Waals surface area (Å²) >= 11 is 0. The molecule has 0 bridgehead atoms. The number of nitrogens with zero attached hydrogens (tertiary/aromatic N) is 1. The molecule has 2 aliphatic heterocycles. The van der Waals surface area contributed by atoms with Crippen LogP contribution in [0.2, 0.25) is 0 Å². The van der Waals surface area contributed by atoms with E-state index in [1.54, 1.807) is 18.2 Å². The van der Waals surface area contributed by atoms with Gasteiger partial charge < -0.3 is 15.0 Å². The maximum absolute atomic E-state index is 12.7. The molecule has 8 heteroatoms. The lowest BCUT2D eigenvalue weighted by molar-refractivity contribution is 0.0746. The zero-order valence-corrected chi connectivity index (χ0v) is 12.8. The summed E-state index contributed by atoms with van der Waals surface area (Å²) in [6, 6.07) is 4.06. The number of hydrogen-bond acceptors (Lipinski definition) is 5. The van der Waals surface area contributed by atoms with Gasteiger partial charge >= 0.3 is 0 Å². The quantitative estimate of drug-likeness (QED) is 0.625. The first-order valence-corrected chi connectivity index (χ1v) is 8.20. The second-order valence-corrected chi connectivity index (χ2v) is 6.98. The van der Waals surface area contributed by atoms with Gasteiger partial charge in [0.25, 0.3) is 16.0 Å². The predicted octanol–water partition coefficient (Wildman–Crippen LogP) is 1.11. The fraction of sp³-hybridized carbons (Fsp3) is 0.357. The minimum absolute atomic E-state index is 0.272. The number of methoxy groups -OCH3 is 1. The van der Waals surface area contributed by atoms with Crippen molar-refractivity contribution in [3.05, 3.63) is 35.9 Å². The number of benzene rings is 1. The second kappa shape index (κ2) is 4.99. The SMILES string of the molecule is C=C1CC2C(S(=O)(=O)O)Nc3ccc(OC)cc3C(=O)N2C1. The predicted molar refractivity (Wildman–Crippen MR) is 80.5 cm³/mol. The van der Waals surface area contributed by atoms with Gasteiger partial charge in [0.15, 0.2) is 5.37 Å². The lowest BCUT2D eigenvalue weighted by Gasteiger charge is -2.26. The monoisotopic (exact) mass is 324 g/mol. The molecule has 1 aromatic carbocycles. The van der Waals surface area contributed by atoms with E-state index in [0.29, 0.717) is 23.4 Å². The van der Waals surface area contributed by atoms with Crippen LogP contribution < -0.4 is 10.1 Å². The van der Waals surface area contributed by atoms with Gasteiger partial charge in [0.2, 0.25) is 0 Å². The van der Waals surface area contributed by atoms with Crippen molar-refractivity contribution in [3.63, 3.8) is 0 Å². The molecule has 2 heterocycles. The molecule has 22 heavy (non-hydrogen) atoms. The second-order valence-electron chi connectivity index (χ2n) is 5.45. The van der Waals surface area contributed by atoms with Crippen LogP contribution in [-0.2, 0) is 10.1 Å². The highest BCUT2D eigenvalue weighted by Gasteiger charge is 2.45. The molecule has 0 aliphatic carbocycles. The van der Waals surface area contributed by atoms with E-state index < -0.39 is 21.5 Å². The first kappa shape index (κ1) is 14.9. The summed E-state index contributed by atoms with van der Waals surface area (Å²) in [5.41, 5.74) is 1.42. The number of hydrogen-bond donors (Lipinski definition) is 2. The van der Waals surface area contributed by atoms with Crippen molar-refractivity contribution in [2.75, 3.05) is 19.0 Å². The van der Waals surface area contributed by atoms with Gasteiger partial charge in [-0.1, -0.05) is 12.2 Å². The Morgan fingerprint density at radius 2 is 2.18 bits per heavy atom. The van der Waals surface area contributed by atoms with Gasteiger partial charge in [-0.2, -0.15) is 8.42 Å². The number of rotatable bonds is 2. The van der Waals surface area contributed by atoms with Crippen LogP contribution in [0.25, 0.3) is 0 Å². The minimum atomic E-state index is -4.39. The van der Waals surface area contributed by atoms with Gasteiger partial charge in [-0.3, -0.25) is 9.35 Å². The zero-order chi connectivity index (χ0) is 16.1. The molecule has 0 saturated carbocycles. The smallest absolute Gasteiger partial charge is 0.288 e. The van der Waals surface area contributed by atoms with Gasteiger partial charge in [0.05, 0.1) is 18.7 Å². The Morgan fingerprint density at radius 1 is 1.45 bits per heavy atom. The van der Waals surface area contributed by atoms with Gasteiger partial charge in [0.1, 0.15) is 5.75 Å². The fourth-order valence-corrected chi connectivity index (χ4v) is 3.87. The highest BCUT2D eigenvalue weighted by molar-refractivity contribution is 7.86. The van der Waals surface area contributed by atoms with Crippen molar-refractivity contribution in [2.45, 2.75) is 17.8 Å². The molecule has 2 unspecified atom stereocenters. The van der Waals surface area contributed by atoms with Gasteiger partial charge in [-0.25, -0.2) is 0 Å². The van der Waals surface area contributed by atoms with Crippen molar-refractivity contribution in [3.8, 4) is 5.75 Å². The lowest BCUT2D eigenvalue weighted by Crippen LogP contribution is -2.47. The van der Waals surface area contributed by atoms with Crippen molar-refractivity contribution < 1.29 is 22.5 Å². The number of carbonyl (C=O) groups excluding carboxylic acids is 1. The number of ether oxygens (including phenoxy) is 1. The average molecular weight is 324 g/mol. The zero-order valence-electron chi connectivity index (χ0n) is 11.9. The summed E-state index contributed by atoms with van der Waals surface area (Å²) in [7, 11) is -2.90. The van der Waals surface area contributed by atoms with E-state index in [1.165, 1.54) is 12.0 Å². The van der Waals surface area contributed by atoms with Gasteiger partial charge in [-0.05, 0) is 24.6 Å². The Hall–Kier alpha value is -2.06. The van der Waals surface area contributed by atoms with Crippen molar-refractivity contribution in [1.29, 1.82) is 0 Å². The van der Waals surface area contributed by atoms with Crippen LogP contribution in [0, 0.1) is 0 Å². The summed E-state index contributed by atoms with van der Waals surface area (Å²) in [5, 5.41) is 1.49. The summed E-state index contributed by atoms with van der Waals surface area (Å²) in [6.07, 6.45) is 0.328. The van der Waals surface area contributed by atoms with E-state index in [1.807, 2.05) is 0 Å². The molecule has 7 nitrogen and oxygen atoms in total. The van der Waals surface area contributed by atoms with E-state index in [-0.39, 0.29) is 12.5 Å². The van der Waals surface area contributed by atoms with Gasteiger partial charge in [0, 0.05) is 12.2 Å². The maximum Gasteiger partial charge on any atom is 0.288 e. The van der Waals surface area contributed by atoms with Crippen LogP contribution in [0.3, 0.4) is 0 Å². The Bertz CT molecular complexity index is 758. The molecule has 1 amide bonds. The van der Waals surface area contributed by atoms with Crippen molar-refractivity contribution >= 4 is 21.7 Å². The van der Waals surface area contributed by atoms with Crippen LogP contribution in [0.15, 0.2) is 30.4 Å². The van der Waals surface area contributed by atoms with Crippen molar-refractivity contribution in [2.24, 2.45) is 0 Å². The van der Waals surface area contributed by atoms with E-state index in [4.69, 9.17) is 4.74 Å². The largest absolute Gasteiger partial charge is 0.497 e. The number of nitrogens with one attached hydrogen (secondary N) is 1. The van der Waals surface area contributed by atoms with E-state index in [9.17, 15) is 17.8 Å². The van der Waals surface area contributed by atoms with Gasteiger partial charge in [-0.15, -0.1) is 0 Å². The molecule has 2 N–H and O–H groups in total. The molecule has 3 rings (SSSR count). The van der Waals surface area contributed by atoms with E-state index >= 15 is 0 Å². The lowest BCUT2D eigenvalue weighted by atomic mass is 10.1. The molecule has 1 saturated heterocycles. The third-order valence-corrected chi connectivity index (χ3v) is 5.05. The van der Waals surface area contributed by atoms with Crippen LogP contribution in [-0.4, -0.2) is 48.8 Å². The molecule has 2 aliphatic rings. The molecule has 1 aromatic rings. The standard InChI is InChI=1S/C14H16N2O5S/c1-8-5-12-13(22(18,19)20)15-11-4-3-9(21-2)6-10(11)14(17)16(12)7-8/h3-4,6,12-13,15H,1,5,7H2,2H3,(H,18,19,20). The summed E-state index contributed by atoms with van der Waals surface area (Å²) < 4.78 is 38.1. The highest BCUT2D eigenvalue weighted by atomic mass is 32.2. The minimum Gasteiger partial charge on any atom is -0.497 e. The van der Waals surface area contributed by atoms with E-state index in [0.717, 1.165) is 5.57 Å². The average Bonchev–Trinajstić information content (AvgIpc) is 2.79. The Kier molecular flexibility index (Phi) is 3.37. The van der Waals surface area contributed by atoms with E-state index in [2.05, 4.69) is 11.9 Å². The molecule has 0 radical (unpaired) electrons. The molecule has 2 atom stereocenters. The molecule has 0 aromatic heterocycles. The molecule has 1 fully saturated rings. The summed E-state index contributed by atoms with van der Waals surface area (Å²) in [6.45, 7) is 4.10. The molecular formula is C14H16N2O5S. The third-order valence-electron chi connectivity index (χ3n) is 3.98. The molecule has 0 spiro atoms. The number of carbonyl (C=O) groups is 1. The third kappa shape index (κ3) is 2.34. The summed E-state index contributed by atoms with van der Waals surface area (Å²) in [5.74, 6) is 0.185. The number of anilines is 1. The Balaban J connectivity index is 2.15. The fourth-order valence-electron chi connectivity index (χ4n) is 2.95. The van der Waals surface area contributed by atoms with Crippen molar-refractivity contribution in [1.82, 2.24) is 4.90 Å². The van der Waals surface area contributed by atoms with Crippen LogP contribution >= 0.6 is 0 Å². The topological polar surface area (TPSA) is 95.9 Å². The molecular weight excluding hydrogens is 308 g/mol. The maximum atomic E-state index is 12.7. The van der Waals surface area contributed by atoms with Crippen LogP contribution in [0.1, 0.15) is 16.8 Å². The molecule has 118 valence electrons. The highest BCUT2D eigenvalue weighted by Crippen LogP contribution is 2.35.